The van der Waals surface area contributed by atoms with E-state index < -0.39 is 0 Å². The van der Waals surface area contributed by atoms with Gasteiger partial charge in [-0.05, 0) is 11.6 Å². The molecular weight excluding hydrogens is 284 g/mol. The van der Waals surface area contributed by atoms with E-state index in [9.17, 15) is 4.79 Å². The summed E-state index contributed by atoms with van der Waals surface area (Å²) >= 11 is 5.94. The van der Waals surface area contributed by atoms with E-state index in [4.69, 9.17) is 16.3 Å². The van der Waals surface area contributed by atoms with E-state index in [1.807, 2.05) is 4.90 Å². The summed E-state index contributed by atoms with van der Waals surface area (Å²) < 4.78 is 5.29. The maximum atomic E-state index is 11.4. The molecule has 0 aliphatic carbocycles. The molecule has 0 saturated carbocycles. The van der Waals surface area contributed by atoms with Crippen LogP contribution < -0.4 is 15.1 Å². The van der Waals surface area contributed by atoms with Crippen molar-refractivity contribution in [3.8, 4) is 0 Å². The monoisotopic (exact) mass is 300 g/mol. The quantitative estimate of drug-likeness (QED) is 0.806. The third kappa shape index (κ3) is 3.67. The van der Waals surface area contributed by atoms with Crippen LogP contribution in [0.1, 0.15) is 0 Å². The Labute approximate surface area is 122 Å². The Balaban J connectivity index is 2.17. The van der Waals surface area contributed by atoms with Crippen molar-refractivity contribution in [2.75, 3.05) is 56.7 Å². The summed E-state index contributed by atoms with van der Waals surface area (Å²) in [6, 6.07) is 0. The molecule has 110 valence electrons. The first kappa shape index (κ1) is 14.7. The molecule has 1 aliphatic rings. The molecule has 1 saturated heterocycles. The molecule has 0 unspecified atom stereocenters. The second kappa shape index (κ2) is 6.67. The zero-order valence-corrected chi connectivity index (χ0v) is 12.2. The SMILES string of the molecule is CNC(=O)CN(C)c1nc(Cl)nc(N2CCOCC2)n1. The summed E-state index contributed by atoms with van der Waals surface area (Å²) in [4.78, 5) is 27.5. The van der Waals surface area contributed by atoms with E-state index in [0.717, 1.165) is 0 Å². The van der Waals surface area contributed by atoms with Crippen molar-refractivity contribution in [1.82, 2.24) is 20.3 Å². The minimum atomic E-state index is -0.128. The number of halogens is 1. The summed E-state index contributed by atoms with van der Waals surface area (Å²) in [5.74, 6) is 0.749. The van der Waals surface area contributed by atoms with E-state index >= 15 is 0 Å². The standard InChI is InChI=1S/C11H17ClN6O2/c1-13-8(19)7-17(2)10-14-9(12)15-11(16-10)18-3-5-20-6-4-18/h3-7H2,1-2H3,(H,13,19). The first-order valence-corrected chi connectivity index (χ1v) is 6.64. The highest BCUT2D eigenvalue weighted by molar-refractivity contribution is 6.28. The fourth-order valence-corrected chi connectivity index (χ4v) is 1.92. The van der Waals surface area contributed by atoms with Gasteiger partial charge in [-0.25, -0.2) is 0 Å². The van der Waals surface area contributed by atoms with Crippen LogP contribution in [0.2, 0.25) is 5.28 Å². The summed E-state index contributed by atoms with van der Waals surface area (Å²) in [7, 11) is 3.31. The van der Waals surface area contributed by atoms with Crippen molar-refractivity contribution in [2.45, 2.75) is 0 Å². The molecule has 0 atom stereocenters. The van der Waals surface area contributed by atoms with Crippen molar-refractivity contribution in [2.24, 2.45) is 0 Å². The van der Waals surface area contributed by atoms with E-state index in [2.05, 4.69) is 20.3 Å². The Morgan fingerprint density at radius 3 is 2.75 bits per heavy atom. The number of likely N-dealkylation sites (N-methyl/N-ethyl adjacent to an activating group) is 2. The number of morpholine rings is 1. The number of hydrogen-bond donors (Lipinski definition) is 1. The van der Waals surface area contributed by atoms with Crippen molar-refractivity contribution in [1.29, 1.82) is 0 Å². The predicted molar refractivity (Wildman–Crippen MR) is 75.2 cm³/mol. The Hall–Kier alpha value is -1.67. The number of ether oxygens (including phenoxy) is 1. The van der Waals surface area contributed by atoms with Crippen LogP contribution in [0, 0.1) is 0 Å². The topological polar surface area (TPSA) is 83.5 Å². The lowest BCUT2D eigenvalue weighted by Crippen LogP contribution is -2.38. The fraction of sp³-hybridized carbons (Fsp3) is 0.636. The lowest BCUT2D eigenvalue weighted by Gasteiger charge is -2.27. The number of anilines is 2. The molecule has 0 bridgehead atoms. The van der Waals surface area contributed by atoms with Gasteiger partial charge in [-0.3, -0.25) is 4.79 Å². The van der Waals surface area contributed by atoms with Crippen LogP contribution in [-0.4, -0.2) is 67.8 Å². The molecule has 1 aromatic heterocycles. The third-order valence-electron chi connectivity index (χ3n) is 2.88. The predicted octanol–water partition coefficient (Wildman–Crippen LogP) is -0.456. The summed E-state index contributed by atoms with van der Waals surface area (Å²) in [5, 5.41) is 2.66. The van der Waals surface area contributed by atoms with Gasteiger partial charge in [0.2, 0.25) is 23.1 Å². The Morgan fingerprint density at radius 2 is 2.10 bits per heavy atom. The number of carbonyl (C=O) groups is 1. The van der Waals surface area contributed by atoms with Gasteiger partial charge in [0, 0.05) is 27.2 Å². The fourth-order valence-electron chi connectivity index (χ4n) is 1.77. The number of aromatic nitrogens is 3. The number of nitrogens with one attached hydrogen (secondary N) is 1. The number of carbonyl (C=O) groups excluding carboxylic acids is 1. The molecule has 1 fully saturated rings. The van der Waals surface area contributed by atoms with Crippen LogP contribution in [-0.2, 0) is 9.53 Å². The van der Waals surface area contributed by atoms with Crippen molar-refractivity contribution >= 4 is 29.4 Å². The third-order valence-corrected chi connectivity index (χ3v) is 3.05. The van der Waals surface area contributed by atoms with Gasteiger partial charge in [0.1, 0.15) is 0 Å². The maximum absolute atomic E-state index is 11.4. The first-order valence-electron chi connectivity index (χ1n) is 6.26. The van der Waals surface area contributed by atoms with Gasteiger partial charge in [-0.2, -0.15) is 15.0 Å². The smallest absolute Gasteiger partial charge is 0.239 e. The van der Waals surface area contributed by atoms with Gasteiger partial charge in [-0.1, -0.05) is 0 Å². The molecule has 0 aromatic carbocycles. The molecule has 1 N–H and O–H groups in total. The summed E-state index contributed by atoms with van der Waals surface area (Å²) in [6.07, 6.45) is 0. The molecule has 2 heterocycles. The molecule has 0 radical (unpaired) electrons. The number of nitrogens with zero attached hydrogens (tertiary/aromatic N) is 5. The van der Waals surface area contributed by atoms with Crippen LogP contribution in [0.4, 0.5) is 11.9 Å². The highest BCUT2D eigenvalue weighted by Gasteiger charge is 2.18. The van der Waals surface area contributed by atoms with E-state index in [-0.39, 0.29) is 17.7 Å². The molecular formula is C11H17ClN6O2. The van der Waals surface area contributed by atoms with Gasteiger partial charge in [0.15, 0.2) is 0 Å². The molecule has 1 aromatic rings. The largest absolute Gasteiger partial charge is 0.378 e. The minimum absolute atomic E-state index is 0.111. The summed E-state index contributed by atoms with van der Waals surface area (Å²) in [6.45, 7) is 2.83. The number of amides is 1. The lowest BCUT2D eigenvalue weighted by molar-refractivity contribution is -0.119. The Morgan fingerprint density at radius 1 is 1.40 bits per heavy atom. The minimum Gasteiger partial charge on any atom is -0.378 e. The number of rotatable bonds is 4. The average molecular weight is 301 g/mol. The number of hydrogen-bond acceptors (Lipinski definition) is 7. The van der Waals surface area contributed by atoms with E-state index in [0.29, 0.717) is 38.2 Å². The normalized spacial score (nSPS) is 15.1. The van der Waals surface area contributed by atoms with Crippen LogP contribution >= 0.6 is 11.6 Å². The molecule has 9 heteroatoms. The molecule has 8 nitrogen and oxygen atoms in total. The van der Waals surface area contributed by atoms with E-state index in [1.165, 1.54) is 0 Å². The van der Waals surface area contributed by atoms with Crippen molar-refractivity contribution in [3.63, 3.8) is 0 Å². The second-order valence-corrected chi connectivity index (χ2v) is 4.67. The maximum Gasteiger partial charge on any atom is 0.239 e. The highest BCUT2D eigenvalue weighted by atomic mass is 35.5. The van der Waals surface area contributed by atoms with Crippen molar-refractivity contribution < 1.29 is 9.53 Å². The van der Waals surface area contributed by atoms with E-state index in [1.54, 1.807) is 19.0 Å². The Bertz CT molecular complexity index is 480. The van der Waals surface area contributed by atoms with Crippen LogP contribution in [0.3, 0.4) is 0 Å². The van der Waals surface area contributed by atoms with Crippen LogP contribution in [0.15, 0.2) is 0 Å². The molecule has 2 rings (SSSR count). The second-order valence-electron chi connectivity index (χ2n) is 4.33. The van der Waals surface area contributed by atoms with Gasteiger partial charge in [0.05, 0.1) is 19.8 Å². The molecule has 20 heavy (non-hydrogen) atoms. The molecule has 0 spiro atoms. The van der Waals surface area contributed by atoms with Gasteiger partial charge in [0.25, 0.3) is 0 Å². The molecule has 1 aliphatic heterocycles. The lowest BCUT2D eigenvalue weighted by atomic mass is 10.4. The zero-order chi connectivity index (χ0) is 14.5. The first-order chi connectivity index (χ1) is 9.60. The van der Waals surface area contributed by atoms with Crippen LogP contribution in [0.25, 0.3) is 0 Å². The highest BCUT2D eigenvalue weighted by Crippen LogP contribution is 2.16. The van der Waals surface area contributed by atoms with Gasteiger partial charge >= 0.3 is 0 Å². The van der Waals surface area contributed by atoms with Crippen LogP contribution in [0.5, 0.6) is 0 Å². The van der Waals surface area contributed by atoms with Gasteiger partial charge in [-0.15, -0.1) is 0 Å². The average Bonchev–Trinajstić information content (AvgIpc) is 2.47. The van der Waals surface area contributed by atoms with Crippen molar-refractivity contribution in [3.05, 3.63) is 5.28 Å². The molecule has 1 amide bonds. The zero-order valence-electron chi connectivity index (χ0n) is 11.5. The summed E-state index contributed by atoms with van der Waals surface area (Å²) in [5.41, 5.74) is 0. The van der Waals surface area contributed by atoms with Gasteiger partial charge < -0.3 is 19.9 Å². The Kier molecular flexibility index (Phi) is 4.91.